The van der Waals surface area contributed by atoms with E-state index in [4.69, 9.17) is 20.9 Å². The fourth-order valence-corrected chi connectivity index (χ4v) is 8.17. The lowest BCUT2D eigenvalue weighted by Gasteiger charge is -2.24. The maximum atomic E-state index is 12.7. The molecule has 2 fully saturated rings. The molecule has 0 saturated carbocycles. The number of hydrogen-bond donors (Lipinski definition) is 6. The summed E-state index contributed by atoms with van der Waals surface area (Å²) >= 11 is 0. The van der Waals surface area contributed by atoms with Gasteiger partial charge >= 0.3 is 0 Å². The molecule has 2 saturated heterocycles. The largest absolute Gasteiger partial charge is 0.497 e. The fourth-order valence-electron chi connectivity index (χ4n) is 5.98. The van der Waals surface area contributed by atoms with Gasteiger partial charge in [0.2, 0.25) is 0 Å². The predicted molar refractivity (Wildman–Crippen MR) is 223 cm³/mol. The van der Waals surface area contributed by atoms with Crippen molar-refractivity contribution in [2.45, 2.75) is 22.6 Å². The molecular weight excluding hydrogens is 775 g/mol. The Hall–Kier alpha value is -4.32. The van der Waals surface area contributed by atoms with E-state index in [0.717, 1.165) is 76.6 Å². The Bertz CT molecular complexity index is 2030. The zero-order chi connectivity index (χ0) is 37.1. The maximum Gasteiger partial charge on any atom is 0.262 e. The van der Waals surface area contributed by atoms with E-state index in [9.17, 15) is 16.8 Å². The summed E-state index contributed by atoms with van der Waals surface area (Å²) in [5.41, 5.74) is 15.8. The van der Waals surface area contributed by atoms with Gasteiger partial charge in [0.15, 0.2) is 0 Å². The molecular formula is C36H50Cl2N8O6S2. The second kappa shape index (κ2) is 20.4. The lowest BCUT2D eigenvalue weighted by atomic mass is 10.2. The zero-order valence-corrected chi connectivity index (χ0v) is 33.6. The Morgan fingerprint density at radius 3 is 1.67 bits per heavy atom. The van der Waals surface area contributed by atoms with Crippen molar-refractivity contribution in [3.05, 3.63) is 84.9 Å². The van der Waals surface area contributed by atoms with Crippen LogP contribution in [0.5, 0.6) is 11.5 Å². The van der Waals surface area contributed by atoms with Crippen LogP contribution in [0.1, 0.15) is 12.8 Å². The molecule has 4 aromatic rings. The van der Waals surface area contributed by atoms with Crippen LogP contribution < -0.4 is 50.8 Å². The van der Waals surface area contributed by atoms with Crippen LogP contribution in [0.4, 0.5) is 34.1 Å². The highest BCUT2D eigenvalue weighted by Crippen LogP contribution is 2.31. The van der Waals surface area contributed by atoms with Crippen LogP contribution in [-0.2, 0) is 20.0 Å². The molecule has 0 atom stereocenters. The lowest BCUT2D eigenvalue weighted by molar-refractivity contribution is 0.415. The van der Waals surface area contributed by atoms with Gasteiger partial charge in [0.05, 0.1) is 58.1 Å². The number of nitrogen functional groups attached to an aromatic ring is 2. The third-order valence-corrected chi connectivity index (χ3v) is 11.4. The van der Waals surface area contributed by atoms with Gasteiger partial charge in [0, 0.05) is 45.3 Å². The first-order valence-corrected chi connectivity index (χ1v) is 20.0. The Morgan fingerprint density at radius 2 is 1.15 bits per heavy atom. The minimum absolute atomic E-state index is 0. The highest BCUT2D eigenvalue weighted by Gasteiger charge is 2.21. The van der Waals surface area contributed by atoms with E-state index in [1.807, 2.05) is 0 Å². The van der Waals surface area contributed by atoms with Gasteiger partial charge in [-0.15, -0.1) is 24.8 Å². The van der Waals surface area contributed by atoms with Gasteiger partial charge < -0.3 is 41.4 Å². The van der Waals surface area contributed by atoms with Crippen LogP contribution in [-0.4, -0.2) is 83.4 Å². The highest BCUT2D eigenvalue weighted by atomic mass is 35.5. The molecule has 4 aromatic carbocycles. The van der Waals surface area contributed by atoms with Crippen molar-refractivity contribution < 1.29 is 26.3 Å². The molecule has 296 valence electrons. The summed E-state index contributed by atoms with van der Waals surface area (Å²) in [5.74, 6) is 1.03. The molecule has 54 heavy (non-hydrogen) atoms. The lowest BCUT2D eigenvalue weighted by Crippen LogP contribution is -2.28. The number of nitrogens with zero attached hydrogens (tertiary/aromatic N) is 2. The van der Waals surface area contributed by atoms with Crippen molar-refractivity contribution in [3.63, 3.8) is 0 Å². The number of methoxy groups -OCH3 is 2. The topological polar surface area (TPSA) is 193 Å². The Morgan fingerprint density at radius 1 is 0.611 bits per heavy atom. The second-order valence-corrected chi connectivity index (χ2v) is 15.6. The number of rotatable bonds is 10. The smallest absolute Gasteiger partial charge is 0.262 e. The summed E-state index contributed by atoms with van der Waals surface area (Å²) in [6.45, 7) is 7.20. The van der Waals surface area contributed by atoms with E-state index >= 15 is 0 Å². The number of ether oxygens (including phenoxy) is 2. The summed E-state index contributed by atoms with van der Waals surface area (Å²) in [7, 11) is -4.47. The quantitative estimate of drug-likeness (QED) is 0.122. The number of benzene rings is 4. The molecule has 2 aliphatic heterocycles. The van der Waals surface area contributed by atoms with Crippen molar-refractivity contribution in [1.29, 1.82) is 0 Å². The molecule has 0 amide bonds. The SMILES string of the molecule is COc1cccc(NS(=O)(=O)c2ccc(N3CCCNCC3)c(N)c2)c1.COc1ccccc1NS(=O)(=O)c1ccc(N2CCCNCC2)c(N)c1.Cl.Cl. The molecule has 2 heterocycles. The average Bonchev–Trinajstić information content (AvgIpc) is 3.58. The van der Waals surface area contributed by atoms with E-state index in [1.54, 1.807) is 72.8 Å². The van der Waals surface area contributed by atoms with Crippen LogP contribution >= 0.6 is 24.8 Å². The highest BCUT2D eigenvalue weighted by molar-refractivity contribution is 7.93. The predicted octanol–water partition coefficient (Wildman–Crippen LogP) is 4.60. The standard InChI is InChI=1S/2C18H24N4O3S.2ClH/c1-25-15-5-2-4-14(12-15)21-26(23,24)16-6-7-18(17(19)13-16)22-10-3-8-20-9-11-22;1-25-18-6-3-2-5-16(18)21-26(23,24)14-7-8-17(15(19)13-14)22-11-4-9-20-10-12-22;;/h2,4-7,12-13,20-21H,3,8-11,19H2,1H3;2-3,5-8,13,20-21H,4,9-12,19H2,1H3;2*1H. The van der Waals surface area contributed by atoms with Gasteiger partial charge in [0.1, 0.15) is 11.5 Å². The molecule has 0 spiro atoms. The molecule has 0 aliphatic carbocycles. The first-order valence-electron chi connectivity index (χ1n) is 17.0. The van der Waals surface area contributed by atoms with Crippen LogP contribution in [0.2, 0.25) is 0 Å². The Balaban J connectivity index is 0.000000280. The van der Waals surface area contributed by atoms with E-state index < -0.39 is 20.0 Å². The van der Waals surface area contributed by atoms with Crippen LogP contribution in [0.15, 0.2) is 94.7 Å². The normalized spacial score (nSPS) is 14.8. The molecule has 0 bridgehead atoms. The summed E-state index contributed by atoms with van der Waals surface area (Å²) in [6, 6.07) is 23.4. The average molecular weight is 826 g/mol. The van der Waals surface area contributed by atoms with Gasteiger partial charge in [-0.3, -0.25) is 9.44 Å². The molecule has 8 N–H and O–H groups in total. The monoisotopic (exact) mass is 824 g/mol. The van der Waals surface area contributed by atoms with Crippen LogP contribution in [0.3, 0.4) is 0 Å². The molecule has 0 radical (unpaired) electrons. The summed E-state index contributed by atoms with van der Waals surface area (Å²) < 4.78 is 66.2. The van der Waals surface area contributed by atoms with E-state index in [2.05, 4.69) is 29.9 Å². The minimum Gasteiger partial charge on any atom is -0.497 e. The number of para-hydroxylation sites is 2. The zero-order valence-electron chi connectivity index (χ0n) is 30.3. The molecule has 0 unspecified atom stereocenters. The van der Waals surface area contributed by atoms with Gasteiger partial charge in [0.25, 0.3) is 20.0 Å². The molecule has 0 aromatic heterocycles. The number of nitrogens with one attached hydrogen (secondary N) is 4. The molecule has 18 heteroatoms. The summed E-state index contributed by atoms with van der Waals surface area (Å²) in [6.07, 6.45) is 2.05. The van der Waals surface area contributed by atoms with E-state index in [-0.39, 0.29) is 34.6 Å². The second-order valence-electron chi connectivity index (χ2n) is 12.3. The number of halogens is 2. The minimum atomic E-state index is -3.76. The molecule has 14 nitrogen and oxygen atoms in total. The van der Waals surface area contributed by atoms with Crippen molar-refractivity contribution >= 4 is 79.0 Å². The van der Waals surface area contributed by atoms with Crippen molar-refractivity contribution in [1.82, 2.24) is 10.6 Å². The number of sulfonamides is 2. The van der Waals surface area contributed by atoms with Crippen LogP contribution in [0.25, 0.3) is 0 Å². The van der Waals surface area contributed by atoms with Gasteiger partial charge in [-0.2, -0.15) is 0 Å². The maximum absolute atomic E-state index is 12.7. The van der Waals surface area contributed by atoms with E-state index in [1.165, 1.54) is 26.4 Å². The van der Waals surface area contributed by atoms with E-state index in [0.29, 0.717) is 34.2 Å². The van der Waals surface area contributed by atoms with Gasteiger partial charge in [-0.25, -0.2) is 16.8 Å². The van der Waals surface area contributed by atoms with Crippen molar-refractivity contribution in [2.75, 3.05) is 97.3 Å². The summed E-state index contributed by atoms with van der Waals surface area (Å²) in [5, 5.41) is 6.68. The number of nitrogens with two attached hydrogens (primary N) is 2. The third kappa shape index (κ3) is 11.6. The first-order chi connectivity index (χ1) is 25.0. The number of anilines is 6. The fraction of sp³-hybridized carbons (Fsp3) is 0.333. The number of hydrogen-bond acceptors (Lipinski definition) is 12. The van der Waals surface area contributed by atoms with Crippen molar-refractivity contribution in [2.24, 2.45) is 0 Å². The Labute approximate surface area is 330 Å². The van der Waals surface area contributed by atoms with Gasteiger partial charge in [-0.1, -0.05) is 18.2 Å². The molecule has 2 aliphatic rings. The van der Waals surface area contributed by atoms with Crippen molar-refractivity contribution in [3.8, 4) is 11.5 Å². The Kier molecular flexibility index (Phi) is 16.6. The third-order valence-electron chi connectivity index (χ3n) is 8.65. The molecule has 6 rings (SSSR count). The van der Waals surface area contributed by atoms with Gasteiger partial charge in [-0.05, 0) is 86.6 Å². The summed E-state index contributed by atoms with van der Waals surface area (Å²) in [4.78, 5) is 4.62. The first kappa shape index (κ1) is 44.1. The van der Waals surface area contributed by atoms with Crippen LogP contribution in [0, 0.1) is 0 Å².